The highest BCUT2D eigenvalue weighted by molar-refractivity contribution is 5.85. The molecule has 28 heavy (non-hydrogen) atoms. The first-order valence-electron chi connectivity index (χ1n) is 8.89. The molecule has 0 aromatic heterocycles. The summed E-state index contributed by atoms with van der Waals surface area (Å²) in [6.07, 6.45) is -1.26. The minimum absolute atomic E-state index is 0.194. The Morgan fingerprint density at radius 2 is 1.89 bits per heavy atom. The lowest BCUT2D eigenvalue weighted by Crippen LogP contribution is -2.41. The highest BCUT2D eigenvalue weighted by Crippen LogP contribution is 2.24. The van der Waals surface area contributed by atoms with E-state index in [9.17, 15) is 14.9 Å². The van der Waals surface area contributed by atoms with Crippen LogP contribution in [-0.4, -0.2) is 36.8 Å². The van der Waals surface area contributed by atoms with Gasteiger partial charge in [0.1, 0.15) is 11.8 Å². The fraction of sp³-hybridized carbons (Fsp3) is 0.286. The molecule has 0 aliphatic rings. The third kappa shape index (κ3) is 5.48. The van der Waals surface area contributed by atoms with Gasteiger partial charge in [-0.2, -0.15) is 5.26 Å². The van der Waals surface area contributed by atoms with Crippen LogP contribution in [0.1, 0.15) is 25.3 Å². The van der Waals surface area contributed by atoms with Crippen LogP contribution in [-0.2, 0) is 4.74 Å². The Morgan fingerprint density at radius 3 is 2.54 bits per heavy atom. The fourth-order valence-electron chi connectivity index (χ4n) is 2.68. The lowest BCUT2D eigenvalue weighted by molar-refractivity contribution is 0.150. The summed E-state index contributed by atoms with van der Waals surface area (Å²) in [5.74, 6) is 0.0516. The van der Waals surface area contributed by atoms with Crippen molar-refractivity contribution in [2.24, 2.45) is 0 Å². The van der Waals surface area contributed by atoms with Crippen molar-refractivity contribution in [2.45, 2.75) is 25.8 Å². The SMILES string of the molecule is CCOC(=O)Nc1cccc(OC(=O)N(C)C(C#N)C(C)c2ccccc2)c1. The van der Waals surface area contributed by atoms with E-state index >= 15 is 0 Å². The molecular formula is C21H23N3O4. The van der Waals surface area contributed by atoms with Gasteiger partial charge in [0.15, 0.2) is 0 Å². The van der Waals surface area contributed by atoms with Gasteiger partial charge in [0.05, 0.1) is 12.7 Å². The van der Waals surface area contributed by atoms with E-state index in [1.54, 1.807) is 25.1 Å². The Morgan fingerprint density at radius 1 is 1.18 bits per heavy atom. The van der Waals surface area contributed by atoms with Crippen molar-refractivity contribution in [3.8, 4) is 11.8 Å². The molecule has 0 heterocycles. The summed E-state index contributed by atoms with van der Waals surface area (Å²) in [4.78, 5) is 25.3. The predicted octanol–water partition coefficient (Wildman–Crippen LogP) is 4.38. The van der Waals surface area contributed by atoms with Gasteiger partial charge in [-0.3, -0.25) is 10.2 Å². The third-order valence-electron chi connectivity index (χ3n) is 4.20. The van der Waals surface area contributed by atoms with Crippen LogP contribution in [0.3, 0.4) is 0 Å². The summed E-state index contributed by atoms with van der Waals surface area (Å²) in [5, 5.41) is 12.1. The molecule has 0 aliphatic carbocycles. The predicted molar refractivity (Wildman–Crippen MR) is 105 cm³/mol. The first kappa shape index (κ1) is 20.8. The number of nitriles is 1. The number of hydrogen-bond donors (Lipinski definition) is 1. The van der Waals surface area contributed by atoms with Crippen LogP contribution >= 0.6 is 0 Å². The second kappa shape index (κ2) is 9.97. The van der Waals surface area contributed by atoms with Crippen molar-refractivity contribution in [3.63, 3.8) is 0 Å². The summed E-state index contributed by atoms with van der Waals surface area (Å²) in [5.41, 5.74) is 1.38. The molecule has 7 nitrogen and oxygen atoms in total. The molecule has 2 amide bonds. The van der Waals surface area contributed by atoms with E-state index in [1.807, 2.05) is 37.3 Å². The van der Waals surface area contributed by atoms with Crippen LogP contribution in [0.25, 0.3) is 0 Å². The van der Waals surface area contributed by atoms with Gasteiger partial charge in [0.25, 0.3) is 0 Å². The number of nitrogens with zero attached hydrogens (tertiary/aromatic N) is 2. The Labute approximate surface area is 164 Å². The molecule has 2 aromatic carbocycles. The van der Waals surface area contributed by atoms with Crippen molar-refractivity contribution >= 4 is 17.9 Å². The fourth-order valence-corrected chi connectivity index (χ4v) is 2.68. The van der Waals surface area contributed by atoms with Gasteiger partial charge in [0, 0.05) is 24.7 Å². The lowest BCUT2D eigenvalue weighted by atomic mass is 9.93. The van der Waals surface area contributed by atoms with Gasteiger partial charge in [-0.25, -0.2) is 9.59 Å². The monoisotopic (exact) mass is 381 g/mol. The van der Waals surface area contributed by atoms with E-state index in [0.29, 0.717) is 5.69 Å². The molecule has 0 saturated carbocycles. The van der Waals surface area contributed by atoms with Crippen molar-refractivity contribution in [1.29, 1.82) is 5.26 Å². The zero-order valence-corrected chi connectivity index (χ0v) is 16.1. The molecule has 0 saturated heterocycles. The molecule has 2 aromatic rings. The van der Waals surface area contributed by atoms with Crippen LogP contribution in [0.15, 0.2) is 54.6 Å². The van der Waals surface area contributed by atoms with Crippen molar-refractivity contribution in [2.75, 3.05) is 19.0 Å². The van der Waals surface area contributed by atoms with E-state index < -0.39 is 18.2 Å². The molecule has 2 unspecified atom stereocenters. The number of ether oxygens (including phenoxy) is 2. The van der Waals surface area contributed by atoms with E-state index in [2.05, 4.69) is 11.4 Å². The van der Waals surface area contributed by atoms with Gasteiger partial charge in [-0.05, 0) is 24.6 Å². The molecule has 0 bridgehead atoms. The second-order valence-corrected chi connectivity index (χ2v) is 6.13. The Bertz CT molecular complexity index is 848. The van der Waals surface area contributed by atoms with E-state index in [-0.39, 0.29) is 18.3 Å². The second-order valence-electron chi connectivity index (χ2n) is 6.13. The van der Waals surface area contributed by atoms with E-state index in [4.69, 9.17) is 9.47 Å². The Kier molecular flexibility index (Phi) is 7.40. The van der Waals surface area contributed by atoms with Crippen LogP contribution in [0.5, 0.6) is 5.75 Å². The average Bonchev–Trinajstić information content (AvgIpc) is 2.69. The lowest BCUT2D eigenvalue weighted by Gasteiger charge is -2.27. The van der Waals surface area contributed by atoms with Gasteiger partial charge in [0.2, 0.25) is 0 Å². The largest absolute Gasteiger partial charge is 0.450 e. The molecule has 2 rings (SSSR count). The summed E-state index contributed by atoms with van der Waals surface area (Å²) < 4.78 is 10.2. The van der Waals surface area contributed by atoms with Crippen LogP contribution in [0, 0.1) is 11.3 Å². The number of anilines is 1. The molecule has 7 heteroatoms. The molecule has 0 radical (unpaired) electrons. The maximum atomic E-state index is 12.5. The topological polar surface area (TPSA) is 91.7 Å². The first-order valence-corrected chi connectivity index (χ1v) is 8.89. The molecular weight excluding hydrogens is 358 g/mol. The van der Waals surface area contributed by atoms with Crippen molar-refractivity contribution in [3.05, 3.63) is 60.2 Å². The highest BCUT2D eigenvalue weighted by Gasteiger charge is 2.27. The van der Waals surface area contributed by atoms with Crippen molar-refractivity contribution < 1.29 is 19.1 Å². The maximum absolute atomic E-state index is 12.5. The average molecular weight is 381 g/mol. The zero-order chi connectivity index (χ0) is 20.5. The zero-order valence-electron chi connectivity index (χ0n) is 16.1. The molecule has 2 atom stereocenters. The Hall–Kier alpha value is -3.53. The molecule has 0 spiro atoms. The number of likely N-dealkylation sites (N-methyl/N-ethyl adjacent to an activating group) is 1. The van der Waals surface area contributed by atoms with Crippen molar-refractivity contribution in [1.82, 2.24) is 4.90 Å². The number of carbonyl (C=O) groups excluding carboxylic acids is 2. The molecule has 0 fully saturated rings. The molecule has 146 valence electrons. The van der Waals surface area contributed by atoms with E-state index in [1.165, 1.54) is 18.0 Å². The van der Waals surface area contributed by atoms with Crippen LogP contribution < -0.4 is 10.1 Å². The number of benzene rings is 2. The van der Waals surface area contributed by atoms with Crippen LogP contribution in [0.2, 0.25) is 0 Å². The van der Waals surface area contributed by atoms with Gasteiger partial charge < -0.3 is 9.47 Å². The minimum Gasteiger partial charge on any atom is -0.450 e. The summed E-state index contributed by atoms with van der Waals surface area (Å²) in [6.45, 7) is 3.84. The first-order chi connectivity index (χ1) is 13.5. The number of hydrogen-bond acceptors (Lipinski definition) is 5. The standard InChI is InChI=1S/C21H23N3O4/c1-4-27-20(25)23-17-11-8-12-18(13-17)28-21(26)24(3)19(14-22)15(2)16-9-6-5-7-10-16/h5-13,15,19H,4H2,1-3H3,(H,23,25). The number of amides is 2. The third-order valence-corrected chi connectivity index (χ3v) is 4.20. The summed E-state index contributed by atoms with van der Waals surface area (Å²) >= 11 is 0. The molecule has 0 aliphatic heterocycles. The number of rotatable bonds is 6. The quantitative estimate of drug-likeness (QED) is 0.802. The Balaban J connectivity index is 2.07. The summed E-state index contributed by atoms with van der Waals surface area (Å²) in [6, 6.07) is 17.4. The highest BCUT2D eigenvalue weighted by atomic mass is 16.6. The smallest absolute Gasteiger partial charge is 0.416 e. The number of carbonyl (C=O) groups is 2. The minimum atomic E-state index is -0.698. The van der Waals surface area contributed by atoms with Gasteiger partial charge in [-0.1, -0.05) is 43.3 Å². The normalized spacial score (nSPS) is 12.2. The summed E-state index contributed by atoms with van der Waals surface area (Å²) in [7, 11) is 1.52. The van der Waals surface area contributed by atoms with Gasteiger partial charge >= 0.3 is 12.2 Å². The van der Waals surface area contributed by atoms with E-state index in [0.717, 1.165) is 5.56 Å². The molecule has 1 N–H and O–H groups in total. The number of nitrogens with one attached hydrogen (secondary N) is 1. The van der Waals surface area contributed by atoms with Crippen LogP contribution in [0.4, 0.5) is 15.3 Å². The maximum Gasteiger partial charge on any atom is 0.416 e. The van der Waals surface area contributed by atoms with Gasteiger partial charge in [-0.15, -0.1) is 0 Å².